The Morgan fingerprint density at radius 3 is 2.74 bits per heavy atom. The monoisotopic (exact) mass is 370 g/mol. The van der Waals surface area contributed by atoms with E-state index in [9.17, 15) is 4.79 Å². The number of hydrogen-bond donors (Lipinski definition) is 1. The molecule has 8 heteroatoms. The Hall–Kier alpha value is -2.77. The molecule has 0 unspecified atom stereocenters. The number of urea groups is 1. The summed E-state index contributed by atoms with van der Waals surface area (Å²) in [6.07, 6.45) is 3.03. The Labute approximate surface area is 156 Å². The van der Waals surface area contributed by atoms with Crippen molar-refractivity contribution in [2.24, 2.45) is 5.41 Å². The van der Waals surface area contributed by atoms with Crippen LogP contribution in [-0.4, -0.2) is 47.4 Å². The van der Waals surface area contributed by atoms with Crippen LogP contribution in [0, 0.1) is 12.3 Å². The van der Waals surface area contributed by atoms with E-state index >= 15 is 0 Å². The molecule has 3 heterocycles. The Balaban J connectivity index is 1.18. The van der Waals surface area contributed by atoms with Gasteiger partial charge in [0.05, 0.1) is 0 Å². The number of likely N-dealkylation sites (tertiary alicyclic amines) is 1. The molecule has 1 aliphatic carbocycles. The largest absolute Gasteiger partial charge is 0.486 e. The van der Waals surface area contributed by atoms with Crippen LogP contribution in [0.15, 0.2) is 22.7 Å². The van der Waals surface area contributed by atoms with Gasteiger partial charge in [0.15, 0.2) is 17.3 Å². The lowest BCUT2D eigenvalue weighted by Crippen LogP contribution is -2.41. The summed E-state index contributed by atoms with van der Waals surface area (Å²) >= 11 is 0. The number of amides is 2. The lowest BCUT2D eigenvalue weighted by atomic mass is 9.91. The number of nitrogens with one attached hydrogen (secondary N) is 1. The Kier molecular flexibility index (Phi) is 3.73. The number of anilines is 1. The third kappa shape index (κ3) is 2.98. The van der Waals surface area contributed by atoms with Crippen molar-refractivity contribution >= 4 is 11.7 Å². The van der Waals surface area contributed by atoms with E-state index in [1.54, 1.807) is 0 Å². The van der Waals surface area contributed by atoms with Crippen LogP contribution in [-0.2, 0) is 0 Å². The summed E-state index contributed by atoms with van der Waals surface area (Å²) in [4.78, 5) is 18.9. The highest BCUT2D eigenvalue weighted by Gasteiger charge is 2.57. The van der Waals surface area contributed by atoms with E-state index in [1.807, 2.05) is 30.0 Å². The first kappa shape index (κ1) is 16.4. The molecule has 3 aliphatic rings. The molecule has 0 radical (unpaired) electrons. The van der Waals surface area contributed by atoms with Crippen LogP contribution >= 0.6 is 0 Å². The zero-order chi connectivity index (χ0) is 18.4. The Bertz CT molecular complexity index is 872. The summed E-state index contributed by atoms with van der Waals surface area (Å²) in [6, 6.07) is 5.41. The minimum Gasteiger partial charge on any atom is -0.486 e. The topological polar surface area (TPSA) is 89.7 Å². The molecule has 1 N–H and O–H groups in total. The number of fused-ring (bicyclic) bond motifs is 1. The first-order valence-electron chi connectivity index (χ1n) is 9.39. The predicted molar refractivity (Wildman–Crippen MR) is 96.1 cm³/mol. The molecule has 5 rings (SSSR count). The first-order chi connectivity index (χ1) is 13.1. The Morgan fingerprint density at radius 2 is 2.00 bits per heavy atom. The maximum Gasteiger partial charge on any atom is 0.321 e. The van der Waals surface area contributed by atoms with Gasteiger partial charge in [0, 0.05) is 37.7 Å². The fourth-order valence-electron chi connectivity index (χ4n) is 4.20. The number of rotatable bonds is 2. The van der Waals surface area contributed by atoms with Crippen molar-refractivity contribution in [3.05, 3.63) is 29.9 Å². The molecule has 1 aromatic carbocycles. The average Bonchev–Trinajstić information content (AvgIpc) is 3.20. The van der Waals surface area contributed by atoms with Gasteiger partial charge >= 0.3 is 6.03 Å². The van der Waals surface area contributed by atoms with Gasteiger partial charge < -0.3 is 24.2 Å². The summed E-state index contributed by atoms with van der Waals surface area (Å²) in [5, 5.41) is 7.04. The van der Waals surface area contributed by atoms with Gasteiger partial charge in [0.2, 0.25) is 5.89 Å². The summed E-state index contributed by atoms with van der Waals surface area (Å²) in [6.45, 7) is 4.38. The van der Waals surface area contributed by atoms with Crippen LogP contribution in [0.1, 0.15) is 36.9 Å². The van der Waals surface area contributed by atoms with Crippen molar-refractivity contribution in [1.29, 1.82) is 0 Å². The predicted octanol–water partition coefficient (Wildman–Crippen LogP) is 2.95. The molecule has 2 amide bonds. The first-order valence-corrected chi connectivity index (χ1v) is 9.39. The lowest BCUT2D eigenvalue weighted by Gasteiger charge is -2.32. The molecule has 0 bridgehead atoms. The number of benzene rings is 1. The summed E-state index contributed by atoms with van der Waals surface area (Å²) in [7, 11) is 0. The number of ether oxygens (including phenoxy) is 2. The average molecular weight is 370 g/mol. The number of aryl methyl sites for hydroxylation is 1. The van der Waals surface area contributed by atoms with Crippen molar-refractivity contribution in [3.8, 4) is 11.5 Å². The number of hydrogen-bond acceptors (Lipinski definition) is 6. The molecule has 1 saturated heterocycles. The van der Waals surface area contributed by atoms with Crippen molar-refractivity contribution in [2.45, 2.75) is 32.1 Å². The van der Waals surface area contributed by atoms with E-state index in [2.05, 4.69) is 15.5 Å². The van der Waals surface area contributed by atoms with Gasteiger partial charge in [0.1, 0.15) is 13.2 Å². The smallest absolute Gasteiger partial charge is 0.321 e. The van der Waals surface area contributed by atoms with Crippen LogP contribution in [0.2, 0.25) is 0 Å². The zero-order valence-corrected chi connectivity index (χ0v) is 15.2. The van der Waals surface area contributed by atoms with Crippen LogP contribution in [0.3, 0.4) is 0 Å². The van der Waals surface area contributed by atoms with Crippen molar-refractivity contribution in [2.75, 3.05) is 31.6 Å². The molecule has 1 spiro atoms. The quantitative estimate of drug-likeness (QED) is 0.874. The number of carbonyl (C=O) groups excluding carboxylic acids is 1. The molecular formula is C19H22N4O4. The van der Waals surface area contributed by atoms with E-state index in [-0.39, 0.29) is 11.4 Å². The fourth-order valence-corrected chi connectivity index (χ4v) is 4.20. The molecule has 27 heavy (non-hydrogen) atoms. The van der Waals surface area contributed by atoms with Gasteiger partial charge in [-0.25, -0.2) is 4.79 Å². The highest BCUT2D eigenvalue weighted by atomic mass is 16.6. The van der Waals surface area contributed by atoms with E-state index in [4.69, 9.17) is 14.0 Å². The molecule has 1 saturated carbocycles. The second kappa shape index (κ2) is 6.14. The van der Waals surface area contributed by atoms with Gasteiger partial charge in [0.25, 0.3) is 0 Å². The van der Waals surface area contributed by atoms with E-state index < -0.39 is 0 Å². The fraction of sp³-hybridized carbons (Fsp3) is 0.526. The number of aromatic nitrogens is 2. The summed E-state index contributed by atoms with van der Waals surface area (Å²) in [5.41, 5.74) is 0.959. The van der Waals surface area contributed by atoms with E-state index in [0.717, 1.165) is 49.6 Å². The lowest BCUT2D eigenvalue weighted by molar-refractivity contribution is 0.171. The molecule has 1 aromatic heterocycles. The number of piperidine rings is 1. The van der Waals surface area contributed by atoms with Gasteiger partial charge in [-0.1, -0.05) is 5.16 Å². The number of carbonyl (C=O) groups is 1. The zero-order valence-electron chi connectivity index (χ0n) is 15.2. The molecule has 142 valence electrons. The molecule has 2 aliphatic heterocycles. The maximum atomic E-state index is 12.6. The highest BCUT2D eigenvalue weighted by Crippen LogP contribution is 2.64. The molecular weight excluding hydrogens is 348 g/mol. The third-order valence-electron chi connectivity index (χ3n) is 5.88. The van der Waals surface area contributed by atoms with Gasteiger partial charge in [-0.15, -0.1) is 0 Å². The van der Waals surface area contributed by atoms with Crippen LogP contribution in [0.4, 0.5) is 10.5 Å². The second-order valence-electron chi connectivity index (χ2n) is 7.57. The minimum atomic E-state index is -0.0749. The normalized spacial score (nSPS) is 22.6. The van der Waals surface area contributed by atoms with Gasteiger partial charge in [-0.05, 0) is 36.8 Å². The molecule has 1 atom stereocenters. The van der Waals surface area contributed by atoms with Crippen molar-refractivity contribution in [3.63, 3.8) is 0 Å². The molecule has 2 aromatic rings. The van der Waals surface area contributed by atoms with E-state index in [1.165, 1.54) is 0 Å². The molecule has 8 nitrogen and oxygen atoms in total. The molecule has 2 fully saturated rings. The third-order valence-corrected chi connectivity index (χ3v) is 5.88. The summed E-state index contributed by atoms with van der Waals surface area (Å²) < 4.78 is 16.2. The van der Waals surface area contributed by atoms with Crippen LogP contribution in [0.25, 0.3) is 0 Å². The van der Waals surface area contributed by atoms with Crippen molar-refractivity contribution < 1.29 is 18.8 Å². The SMILES string of the molecule is Cc1nc([C@H]2CC23CCN(C(=O)Nc2ccc4c(c2)OCCO4)CC3)no1. The maximum absolute atomic E-state index is 12.6. The second-order valence-corrected chi connectivity index (χ2v) is 7.57. The van der Waals surface area contributed by atoms with Gasteiger partial charge in [-0.2, -0.15) is 4.98 Å². The standard InChI is InChI=1S/C19H22N4O4/c1-12-20-17(22-27-12)14-11-19(14)4-6-23(7-5-19)18(24)21-13-2-3-15-16(10-13)26-9-8-25-15/h2-3,10,14H,4-9,11H2,1H3,(H,21,24)/t14-/m1/s1. The van der Waals surface area contributed by atoms with Gasteiger partial charge in [-0.3, -0.25) is 0 Å². The van der Waals surface area contributed by atoms with Crippen LogP contribution in [0.5, 0.6) is 11.5 Å². The minimum absolute atomic E-state index is 0.0749. The number of nitrogens with zero attached hydrogens (tertiary/aromatic N) is 3. The highest BCUT2D eigenvalue weighted by molar-refractivity contribution is 5.89. The Morgan fingerprint density at radius 1 is 1.22 bits per heavy atom. The van der Waals surface area contributed by atoms with E-state index in [0.29, 0.717) is 30.8 Å². The van der Waals surface area contributed by atoms with Crippen molar-refractivity contribution in [1.82, 2.24) is 15.0 Å². The van der Waals surface area contributed by atoms with Crippen LogP contribution < -0.4 is 14.8 Å². The summed E-state index contributed by atoms with van der Waals surface area (Å²) in [5.74, 6) is 3.20.